The van der Waals surface area contributed by atoms with E-state index in [0.29, 0.717) is 15.0 Å². The van der Waals surface area contributed by atoms with Crippen molar-refractivity contribution in [3.8, 4) is 0 Å². The van der Waals surface area contributed by atoms with Gasteiger partial charge >= 0.3 is 5.97 Å². The van der Waals surface area contributed by atoms with Gasteiger partial charge < -0.3 is 10.1 Å². The highest BCUT2D eigenvalue weighted by atomic mass is 79.9. The van der Waals surface area contributed by atoms with Crippen LogP contribution in [0.5, 0.6) is 0 Å². The number of aryl methyl sites for hydroxylation is 1. The smallest absolute Gasteiger partial charge is 0.341 e. The number of methoxy groups -OCH3 is 1. The van der Waals surface area contributed by atoms with Crippen molar-refractivity contribution in [3.05, 3.63) is 56.4 Å². The number of hydrogen-bond acceptors (Lipinski definition) is 4. The molecule has 2 aromatic rings. The van der Waals surface area contributed by atoms with Gasteiger partial charge in [0.1, 0.15) is 5.00 Å². The molecule has 0 atom stereocenters. The average Bonchev–Trinajstić information content (AvgIpc) is 2.99. The number of amides is 1. The second-order valence-electron chi connectivity index (χ2n) is 5.76. The van der Waals surface area contributed by atoms with Crippen molar-refractivity contribution < 1.29 is 14.3 Å². The van der Waals surface area contributed by atoms with Crippen LogP contribution in [0.15, 0.2) is 34.8 Å². The third kappa shape index (κ3) is 4.02. The molecule has 0 spiro atoms. The second-order valence-corrected chi connectivity index (χ2v) is 7.72. The molecule has 25 heavy (non-hydrogen) atoms. The topological polar surface area (TPSA) is 55.4 Å². The minimum atomic E-state index is -0.391. The quantitative estimate of drug-likeness (QED) is 0.572. The molecule has 1 N–H and O–H groups in total. The van der Waals surface area contributed by atoms with E-state index < -0.39 is 5.97 Å². The van der Waals surface area contributed by atoms with Crippen LogP contribution < -0.4 is 5.32 Å². The van der Waals surface area contributed by atoms with Crippen LogP contribution >= 0.6 is 27.3 Å². The lowest BCUT2D eigenvalue weighted by Gasteiger charge is -2.11. The number of nitrogens with one attached hydrogen (secondary N) is 1. The average molecular weight is 420 g/mol. The number of carbonyl (C=O) groups excluding carboxylic acids is 2. The Hall–Kier alpha value is -1.92. The van der Waals surface area contributed by atoms with Crippen LogP contribution in [-0.2, 0) is 22.4 Å². The van der Waals surface area contributed by atoms with Crippen LogP contribution in [-0.4, -0.2) is 19.0 Å². The number of fused-ring (bicyclic) bond motifs is 1. The van der Waals surface area contributed by atoms with Crippen molar-refractivity contribution in [1.82, 2.24) is 0 Å². The highest BCUT2D eigenvalue weighted by Gasteiger charge is 2.27. The van der Waals surface area contributed by atoms with Gasteiger partial charge in [-0.1, -0.05) is 30.3 Å². The fourth-order valence-electron chi connectivity index (χ4n) is 2.90. The van der Waals surface area contributed by atoms with Crippen molar-refractivity contribution in [3.63, 3.8) is 0 Å². The molecule has 0 fully saturated rings. The molecule has 1 heterocycles. The summed E-state index contributed by atoms with van der Waals surface area (Å²) in [5.74, 6) is -0.675. The zero-order valence-electron chi connectivity index (χ0n) is 13.8. The van der Waals surface area contributed by atoms with E-state index in [1.165, 1.54) is 23.3 Å². The molecule has 6 heteroatoms. The minimum absolute atomic E-state index is 0.285. The van der Waals surface area contributed by atoms with E-state index in [0.717, 1.165) is 36.8 Å². The normalized spacial score (nSPS) is 13.9. The van der Waals surface area contributed by atoms with Gasteiger partial charge in [0.25, 0.3) is 5.91 Å². The Labute approximate surface area is 159 Å². The van der Waals surface area contributed by atoms with Gasteiger partial charge in [-0.15, -0.1) is 11.3 Å². The lowest BCUT2D eigenvalue weighted by atomic mass is 9.95. The Balaban J connectivity index is 1.87. The maximum absolute atomic E-state index is 12.5. The Kier molecular flexibility index (Phi) is 5.71. The number of carbonyl (C=O) groups is 2. The third-order valence-electron chi connectivity index (χ3n) is 4.10. The number of halogens is 1. The molecular weight excluding hydrogens is 402 g/mol. The highest BCUT2D eigenvalue weighted by Crippen LogP contribution is 2.38. The van der Waals surface area contributed by atoms with E-state index in [9.17, 15) is 9.59 Å². The summed E-state index contributed by atoms with van der Waals surface area (Å²) in [5.41, 5.74) is 2.46. The van der Waals surface area contributed by atoms with Crippen molar-refractivity contribution >= 4 is 50.2 Å². The van der Waals surface area contributed by atoms with Gasteiger partial charge in [0.05, 0.1) is 17.2 Å². The molecule has 0 bridgehead atoms. The van der Waals surface area contributed by atoms with Crippen molar-refractivity contribution in [2.24, 2.45) is 0 Å². The first kappa shape index (κ1) is 17.9. The van der Waals surface area contributed by atoms with Gasteiger partial charge in [-0.3, -0.25) is 4.79 Å². The summed E-state index contributed by atoms with van der Waals surface area (Å²) >= 11 is 4.80. The molecule has 1 amide bonds. The van der Waals surface area contributed by atoms with E-state index in [4.69, 9.17) is 4.74 Å². The Bertz CT molecular complexity index is 827. The molecule has 1 aromatic carbocycles. The summed E-state index contributed by atoms with van der Waals surface area (Å²) in [7, 11) is 1.37. The molecule has 0 aliphatic heterocycles. The summed E-state index contributed by atoms with van der Waals surface area (Å²) in [6.45, 7) is 0. The highest BCUT2D eigenvalue weighted by molar-refractivity contribution is 9.12. The van der Waals surface area contributed by atoms with Gasteiger partial charge in [0, 0.05) is 4.88 Å². The van der Waals surface area contributed by atoms with Gasteiger partial charge in [0.15, 0.2) is 0 Å². The number of esters is 1. The lowest BCUT2D eigenvalue weighted by molar-refractivity contribution is -0.112. The fraction of sp³-hybridized carbons (Fsp3) is 0.263. The van der Waals surface area contributed by atoms with Crippen LogP contribution in [0.2, 0.25) is 0 Å². The molecular formula is C19H18BrNO3S. The van der Waals surface area contributed by atoms with E-state index in [1.54, 1.807) is 6.08 Å². The summed E-state index contributed by atoms with van der Waals surface area (Å²) in [4.78, 5) is 25.9. The van der Waals surface area contributed by atoms with E-state index in [1.807, 2.05) is 30.3 Å². The first-order valence-electron chi connectivity index (χ1n) is 8.06. The molecule has 0 saturated heterocycles. The number of hydrogen-bond donors (Lipinski definition) is 1. The largest absolute Gasteiger partial charge is 0.465 e. The van der Waals surface area contributed by atoms with E-state index in [2.05, 4.69) is 21.2 Å². The maximum Gasteiger partial charge on any atom is 0.341 e. The minimum Gasteiger partial charge on any atom is -0.465 e. The van der Waals surface area contributed by atoms with Crippen LogP contribution in [0.4, 0.5) is 5.00 Å². The number of anilines is 1. The van der Waals surface area contributed by atoms with Crippen LogP contribution in [0.1, 0.15) is 39.2 Å². The van der Waals surface area contributed by atoms with Gasteiger partial charge in [-0.05, 0) is 58.8 Å². The van der Waals surface area contributed by atoms with E-state index >= 15 is 0 Å². The molecule has 4 nitrogen and oxygen atoms in total. The van der Waals surface area contributed by atoms with Crippen molar-refractivity contribution in [1.29, 1.82) is 0 Å². The predicted molar refractivity (Wildman–Crippen MR) is 104 cm³/mol. The van der Waals surface area contributed by atoms with Gasteiger partial charge in [-0.25, -0.2) is 4.79 Å². The first-order valence-corrected chi connectivity index (χ1v) is 9.67. The molecule has 1 aliphatic rings. The maximum atomic E-state index is 12.5. The molecule has 130 valence electrons. The summed E-state index contributed by atoms with van der Waals surface area (Å²) in [6.07, 6.45) is 5.71. The van der Waals surface area contributed by atoms with Crippen LogP contribution in [0, 0.1) is 0 Å². The van der Waals surface area contributed by atoms with Gasteiger partial charge in [0.2, 0.25) is 0 Å². The summed E-state index contributed by atoms with van der Waals surface area (Å²) < 4.78 is 5.33. The molecule has 0 radical (unpaired) electrons. The van der Waals surface area contributed by atoms with Crippen LogP contribution in [0.25, 0.3) is 6.08 Å². The summed E-state index contributed by atoms with van der Waals surface area (Å²) in [5, 5.41) is 3.44. The number of benzene rings is 1. The number of thiophene rings is 1. The Morgan fingerprint density at radius 1 is 1.20 bits per heavy atom. The fourth-order valence-corrected chi connectivity index (χ4v) is 4.53. The number of rotatable bonds is 4. The number of ether oxygens (including phenoxy) is 1. The monoisotopic (exact) mass is 419 g/mol. The zero-order valence-corrected chi connectivity index (χ0v) is 16.2. The zero-order chi connectivity index (χ0) is 17.8. The lowest BCUT2D eigenvalue weighted by Crippen LogP contribution is -2.14. The molecule has 1 aromatic heterocycles. The van der Waals surface area contributed by atoms with E-state index in [-0.39, 0.29) is 5.91 Å². The first-order chi connectivity index (χ1) is 12.1. The SMILES string of the molecule is COC(=O)c1c(NC(=O)/C(Br)=C/c2ccccc2)sc2c1CCCC2. The third-order valence-corrected chi connectivity index (χ3v) is 5.89. The molecule has 0 unspecified atom stereocenters. The van der Waals surface area contributed by atoms with Crippen molar-refractivity contribution in [2.45, 2.75) is 25.7 Å². The Morgan fingerprint density at radius 2 is 1.92 bits per heavy atom. The van der Waals surface area contributed by atoms with Crippen molar-refractivity contribution in [2.75, 3.05) is 12.4 Å². The molecule has 1 aliphatic carbocycles. The van der Waals surface area contributed by atoms with Crippen LogP contribution in [0.3, 0.4) is 0 Å². The standard InChI is InChI=1S/C19H18BrNO3S/c1-24-19(23)16-13-9-5-6-10-15(13)25-18(16)21-17(22)14(20)11-12-7-3-2-4-8-12/h2-4,7-8,11H,5-6,9-10H2,1H3,(H,21,22)/b14-11-. The predicted octanol–water partition coefficient (Wildman–Crippen LogP) is 4.79. The van der Waals surface area contributed by atoms with Gasteiger partial charge in [-0.2, -0.15) is 0 Å². The summed E-state index contributed by atoms with van der Waals surface area (Å²) in [6, 6.07) is 9.57. The molecule has 3 rings (SSSR count). The Morgan fingerprint density at radius 3 is 2.64 bits per heavy atom. The second kappa shape index (κ2) is 7.97. The molecule has 0 saturated carbocycles.